The largest absolute Gasteiger partial charge is 0.350 e. The van der Waals surface area contributed by atoms with Gasteiger partial charge in [-0.25, -0.2) is 0 Å². The Kier molecular flexibility index (Phi) is 3.90. The third-order valence-electron chi connectivity index (χ3n) is 3.46. The van der Waals surface area contributed by atoms with Crippen LogP contribution in [0.2, 0.25) is 0 Å². The van der Waals surface area contributed by atoms with Crippen molar-refractivity contribution in [3.63, 3.8) is 0 Å². The smallest absolute Gasteiger partial charge is 0.255 e. The number of carbonyl (C=O) groups is 1. The van der Waals surface area contributed by atoms with Crippen molar-refractivity contribution >= 4 is 16.8 Å². The average Bonchev–Trinajstić information content (AvgIpc) is 2.75. The monoisotopic (exact) mass is 259 g/mol. The summed E-state index contributed by atoms with van der Waals surface area (Å²) < 4.78 is 1.99. The van der Waals surface area contributed by atoms with Crippen LogP contribution in [0.1, 0.15) is 17.3 Å². The van der Waals surface area contributed by atoms with Crippen molar-refractivity contribution in [2.75, 3.05) is 20.1 Å². The topological polar surface area (TPSA) is 51.3 Å². The van der Waals surface area contributed by atoms with E-state index < -0.39 is 0 Å². The highest BCUT2D eigenvalue weighted by Gasteiger charge is 2.18. The number of aromatic nitrogens is 1. The van der Waals surface area contributed by atoms with Gasteiger partial charge in [-0.15, -0.1) is 0 Å². The number of nitrogens with two attached hydrogens (primary N) is 1. The zero-order chi connectivity index (χ0) is 14.0. The minimum atomic E-state index is 0.0529. The van der Waals surface area contributed by atoms with Gasteiger partial charge >= 0.3 is 0 Å². The second kappa shape index (κ2) is 5.45. The number of rotatable bonds is 4. The molecule has 0 fully saturated rings. The number of para-hydroxylation sites is 1. The molecule has 102 valence electrons. The van der Waals surface area contributed by atoms with Crippen molar-refractivity contribution in [3.8, 4) is 0 Å². The quantitative estimate of drug-likeness (QED) is 0.911. The molecule has 4 heteroatoms. The van der Waals surface area contributed by atoms with E-state index in [9.17, 15) is 4.79 Å². The van der Waals surface area contributed by atoms with Crippen LogP contribution in [0.15, 0.2) is 30.5 Å². The molecule has 4 nitrogen and oxygen atoms in total. The van der Waals surface area contributed by atoms with Crippen molar-refractivity contribution in [2.45, 2.75) is 6.92 Å². The average molecular weight is 259 g/mol. The molecule has 0 bridgehead atoms. The maximum atomic E-state index is 12.5. The molecule has 0 aliphatic heterocycles. The molecule has 0 saturated carbocycles. The highest BCUT2D eigenvalue weighted by molar-refractivity contribution is 6.06. The Hall–Kier alpha value is -1.81. The van der Waals surface area contributed by atoms with E-state index in [1.165, 1.54) is 0 Å². The summed E-state index contributed by atoms with van der Waals surface area (Å²) in [6, 6.07) is 7.95. The van der Waals surface area contributed by atoms with Crippen LogP contribution >= 0.6 is 0 Å². The molecule has 1 aromatic carbocycles. The predicted molar refractivity (Wildman–Crippen MR) is 78.1 cm³/mol. The molecule has 1 aromatic heterocycles. The van der Waals surface area contributed by atoms with Crippen LogP contribution in [0.4, 0.5) is 0 Å². The van der Waals surface area contributed by atoms with Gasteiger partial charge < -0.3 is 15.2 Å². The van der Waals surface area contributed by atoms with E-state index in [-0.39, 0.29) is 5.91 Å². The first-order valence-corrected chi connectivity index (χ1v) is 6.54. The second-order valence-electron chi connectivity index (χ2n) is 5.20. The number of benzene rings is 1. The molecule has 19 heavy (non-hydrogen) atoms. The minimum Gasteiger partial charge on any atom is -0.350 e. The third-order valence-corrected chi connectivity index (χ3v) is 3.46. The minimum absolute atomic E-state index is 0.0529. The van der Waals surface area contributed by atoms with Gasteiger partial charge in [0.05, 0.1) is 5.56 Å². The molecule has 2 rings (SSSR count). The summed E-state index contributed by atoms with van der Waals surface area (Å²) in [6.45, 7) is 3.32. The summed E-state index contributed by atoms with van der Waals surface area (Å²) in [7, 11) is 3.79. The highest BCUT2D eigenvalue weighted by atomic mass is 16.2. The van der Waals surface area contributed by atoms with E-state index in [0.29, 0.717) is 19.0 Å². The number of nitrogens with zero attached hydrogens (tertiary/aromatic N) is 2. The van der Waals surface area contributed by atoms with Gasteiger partial charge in [0.25, 0.3) is 5.91 Å². The molecule has 1 unspecified atom stereocenters. The Labute approximate surface area is 113 Å². The molecule has 2 aromatic rings. The van der Waals surface area contributed by atoms with Crippen LogP contribution in [-0.2, 0) is 7.05 Å². The number of aryl methyl sites for hydroxylation is 1. The van der Waals surface area contributed by atoms with Gasteiger partial charge in [0.2, 0.25) is 0 Å². The van der Waals surface area contributed by atoms with Gasteiger partial charge in [-0.3, -0.25) is 4.79 Å². The molecule has 0 spiro atoms. The zero-order valence-electron chi connectivity index (χ0n) is 11.8. The van der Waals surface area contributed by atoms with E-state index >= 15 is 0 Å². The third kappa shape index (κ3) is 2.63. The molecule has 1 atom stereocenters. The summed E-state index contributed by atoms with van der Waals surface area (Å²) in [5.41, 5.74) is 7.44. The molecule has 1 heterocycles. The van der Waals surface area contributed by atoms with Gasteiger partial charge in [0.15, 0.2) is 0 Å². The lowest BCUT2D eigenvalue weighted by Gasteiger charge is -2.20. The van der Waals surface area contributed by atoms with E-state index in [4.69, 9.17) is 5.73 Å². The SMILES string of the molecule is CC(CN)CN(C)C(=O)c1cn(C)c2ccccc12. The molecule has 1 amide bonds. The van der Waals surface area contributed by atoms with Crippen molar-refractivity contribution in [3.05, 3.63) is 36.0 Å². The van der Waals surface area contributed by atoms with Crippen molar-refractivity contribution in [2.24, 2.45) is 18.7 Å². The summed E-state index contributed by atoms with van der Waals surface area (Å²) in [6.07, 6.45) is 1.90. The summed E-state index contributed by atoms with van der Waals surface area (Å²) in [5, 5.41) is 1.00. The molecule has 0 aliphatic carbocycles. The van der Waals surface area contributed by atoms with E-state index in [1.807, 2.05) is 56.0 Å². The fourth-order valence-corrected chi connectivity index (χ4v) is 2.34. The fraction of sp³-hybridized carbons (Fsp3) is 0.400. The Bertz CT molecular complexity index is 588. The normalized spacial score (nSPS) is 12.6. The Balaban J connectivity index is 2.31. The number of amides is 1. The Morgan fingerprint density at radius 2 is 2.11 bits per heavy atom. The standard InChI is InChI=1S/C15H21N3O/c1-11(8-16)9-18(3)15(19)13-10-17(2)14-7-5-4-6-12(13)14/h4-7,10-11H,8-9,16H2,1-3H3. The van der Waals surface area contributed by atoms with Crippen LogP contribution in [0.25, 0.3) is 10.9 Å². The molecular formula is C15H21N3O. The lowest BCUT2D eigenvalue weighted by Crippen LogP contribution is -2.33. The number of fused-ring (bicyclic) bond motifs is 1. The van der Waals surface area contributed by atoms with E-state index in [1.54, 1.807) is 4.90 Å². The summed E-state index contributed by atoms with van der Waals surface area (Å²) >= 11 is 0. The van der Waals surface area contributed by atoms with Gasteiger partial charge in [0.1, 0.15) is 0 Å². The van der Waals surface area contributed by atoms with Crippen molar-refractivity contribution < 1.29 is 4.79 Å². The number of hydrogen-bond acceptors (Lipinski definition) is 2. The second-order valence-corrected chi connectivity index (χ2v) is 5.20. The Morgan fingerprint density at radius 1 is 1.42 bits per heavy atom. The number of carbonyl (C=O) groups excluding carboxylic acids is 1. The summed E-state index contributed by atoms with van der Waals surface area (Å²) in [5.74, 6) is 0.362. The van der Waals surface area contributed by atoms with E-state index in [2.05, 4.69) is 0 Å². The first-order chi connectivity index (χ1) is 9.04. The lowest BCUT2D eigenvalue weighted by atomic mass is 10.1. The molecule has 0 saturated heterocycles. The van der Waals surface area contributed by atoms with Crippen LogP contribution in [0.3, 0.4) is 0 Å². The fourth-order valence-electron chi connectivity index (χ4n) is 2.34. The molecule has 2 N–H and O–H groups in total. The number of hydrogen-bond donors (Lipinski definition) is 1. The van der Waals surface area contributed by atoms with Gasteiger partial charge in [-0.2, -0.15) is 0 Å². The maximum absolute atomic E-state index is 12.5. The van der Waals surface area contributed by atoms with Crippen LogP contribution < -0.4 is 5.73 Å². The first-order valence-electron chi connectivity index (χ1n) is 6.54. The van der Waals surface area contributed by atoms with Crippen molar-refractivity contribution in [1.82, 2.24) is 9.47 Å². The van der Waals surface area contributed by atoms with Gasteiger partial charge in [0, 0.05) is 37.7 Å². The van der Waals surface area contributed by atoms with Crippen molar-refractivity contribution in [1.29, 1.82) is 0 Å². The molecule has 0 radical (unpaired) electrons. The lowest BCUT2D eigenvalue weighted by molar-refractivity contribution is 0.0779. The van der Waals surface area contributed by atoms with Gasteiger partial charge in [-0.05, 0) is 18.5 Å². The van der Waals surface area contributed by atoms with Crippen LogP contribution in [0.5, 0.6) is 0 Å². The first kappa shape index (κ1) is 13.6. The molecule has 0 aliphatic rings. The molecular weight excluding hydrogens is 238 g/mol. The van der Waals surface area contributed by atoms with E-state index in [0.717, 1.165) is 16.5 Å². The zero-order valence-corrected chi connectivity index (χ0v) is 11.8. The predicted octanol–water partition coefficient (Wildman–Crippen LogP) is 1.85. The maximum Gasteiger partial charge on any atom is 0.255 e. The Morgan fingerprint density at radius 3 is 2.79 bits per heavy atom. The van der Waals surface area contributed by atoms with Crippen LogP contribution in [0, 0.1) is 5.92 Å². The van der Waals surface area contributed by atoms with Crippen LogP contribution in [-0.4, -0.2) is 35.5 Å². The summed E-state index contributed by atoms with van der Waals surface area (Å²) in [4.78, 5) is 14.2. The highest BCUT2D eigenvalue weighted by Crippen LogP contribution is 2.21. The van der Waals surface area contributed by atoms with Gasteiger partial charge in [-0.1, -0.05) is 25.1 Å².